The predicted molar refractivity (Wildman–Crippen MR) is 107 cm³/mol. The molecule has 0 bridgehead atoms. The van der Waals surface area contributed by atoms with Crippen LogP contribution in [-0.2, 0) is 16.1 Å². The molecule has 0 saturated heterocycles. The maximum Gasteiger partial charge on any atom is 0.262 e. The number of hydrogen-bond donors (Lipinski definition) is 2. The third-order valence-corrected chi connectivity index (χ3v) is 5.41. The van der Waals surface area contributed by atoms with Crippen molar-refractivity contribution < 1.29 is 14.0 Å². The average Bonchev–Trinajstić information content (AvgIpc) is 2.92. The molecule has 0 aliphatic rings. The highest BCUT2D eigenvalue weighted by Gasteiger charge is 2.13. The molecule has 9 heteroatoms. The second kappa shape index (κ2) is 7.89. The first-order valence-electron chi connectivity index (χ1n) is 8.58. The normalized spacial score (nSPS) is 10.9. The van der Waals surface area contributed by atoms with Crippen LogP contribution in [0.2, 0.25) is 0 Å². The Morgan fingerprint density at radius 2 is 2.00 bits per heavy atom. The van der Waals surface area contributed by atoms with E-state index in [0.29, 0.717) is 15.9 Å². The average molecular weight is 402 g/mol. The van der Waals surface area contributed by atoms with Gasteiger partial charge in [-0.3, -0.25) is 19.0 Å². The van der Waals surface area contributed by atoms with Gasteiger partial charge in [0.05, 0.1) is 17.4 Å². The van der Waals surface area contributed by atoms with Gasteiger partial charge in [-0.15, -0.1) is 11.3 Å². The molecule has 0 saturated carbocycles. The number of halogens is 1. The molecule has 3 rings (SSSR count). The maximum absolute atomic E-state index is 13.9. The predicted octanol–water partition coefficient (Wildman–Crippen LogP) is 3.20. The van der Waals surface area contributed by atoms with Crippen LogP contribution in [0.1, 0.15) is 23.8 Å². The summed E-state index contributed by atoms with van der Waals surface area (Å²) in [7, 11) is 0. The molecule has 0 unspecified atom stereocenters. The summed E-state index contributed by atoms with van der Waals surface area (Å²) in [6, 6.07) is 3.90. The van der Waals surface area contributed by atoms with E-state index in [1.165, 1.54) is 41.3 Å². The van der Waals surface area contributed by atoms with Gasteiger partial charge in [-0.2, -0.15) is 0 Å². The van der Waals surface area contributed by atoms with Crippen LogP contribution in [0.25, 0.3) is 10.2 Å². The fourth-order valence-corrected chi connectivity index (χ4v) is 3.75. The minimum absolute atomic E-state index is 0.0287. The van der Waals surface area contributed by atoms with Gasteiger partial charge in [0.1, 0.15) is 10.6 Å². The molecule has 2 aromatic heterocycles. The summed E-state index contributed by atoms with van der Waals surface area (Å²) in [4.78, 5) is 42.0. The number of aryl methyl sites for hydroxylation is 3. The number of carbonyl (C=O) groups is 2. The van der Waals surface area contributed by atoms with Gasteiger partial charge >= 0.3 is 0 Å². The molecular weight excluding hydrogens is 383 g/mol. The highest BCUT2D eigenvalue weighted by molar-refractivity contribution is 7.18. The van der Waals surface area contributed by atoms with Gasteiger partial charge in [0.2, 0.25) is 11.8 Å². The van der Waals surface area contributed by atoms with E-state index in [2.05, 4.69) is 15.6 Å². The summed E-state index contributed by atoms with van der Waals surface area (Å²) in [5, 5.41) is 5.56. The molecule has 1 aromatic carbocycles. The lowest BCUT2D eigenvalue weighted by Gasteiger charge is -2.10. The van der Waals surface area contributed by atoms with E-state index < -0.39 is 11.7 Å². The first kappa shape index (κ1) is 19.7. The second-order valence-electron chi connectivity index (χ2n) is 6.38. The third kappa shape index (κ3) is 4.09. The van der Waals surface area contributed by atoms with Crippen LogP contribution in [0.3, 0.4) is 0 Å². The molecule has 3 aromatic rings. The summed E-state index contributed by atoms with van der Waals surface area (Å²) >= 11 is 1.46. The van der Waals surface area contributed by atoms with Crippen LogP contribution in [-0.4, -0.2) is 21.4 Å². The Morgan fingerprint density at radius 3 is 2.71 bits per heavy atom. The van der Waals surface area contributed by atoms with Crippen LogP contribution in [0.15, 0.2) is 29.3 Å². The van der Waals surface area contributed by atoms with Gasteiger partial charge in [0, 0.05) is 30.5 Å². The second-order valence-corrected chi connectivity index (χ2v) is 7.58. The van der Waals surface area contributed by atoms with Crippen molar-refractivity contribution >= 4 is 44.7 Å². The van der Waals surface area contributed by atoms with E-state index in [4.69, 9.17) is 0 Å². The van der Waals surface area contributed by atoms with Crippen LogP contribution >= 0.6 is 11.3 Å². The first-order chi connectivity index (χ1) is 13.3. The number of thiophene rings is 1. The number of rotatable bonds is 5. The van der Waals surface area contributed by atoms with Crippen LogP contribution in [0.5, 0.6) is 0 Å². The maximum atomic E-state index is 13.9. The van der Waals surface area contributed by atoms with Crippen molar-refractivity contribution in [3.8, 4) is 0 Å². The zero-order chi connectivity index (χ0) is 20.4. The van der Waals surface area contributed by atoms with Crippen molar-refractivity contribution in [1.82, 2.24) is 9.55 Å². The molecule has 0 aliphatic heterocycles. The van der Waals surface area contributed by atoms with Gasteiger partial charge in [-0.25, -0.2) is 9.37 Å². The van der Waals surface area contributed by atoms with Gasteiger partial charge in [0.15, 0.2) is 0 Å². The summed E-state index contributed by atoms with van der Waals surface area (Å²) < 4.78 is 15.3. The van der Waals surface area contributed by atoms with E-state index in [1.807, 2.05) is 13.8 Å². The number of amides is 2. The summed E-state index contributed by atoms with van der Waals surface area (Å²) in [6.45, 7) is 5.26. The highest BCUT2D eigenvalue weighted by Crippen LogP contribution is 2.25. The van der Waals surface area contributed by atoms with E-state index >= 15 is 0 Å². The summed E-state index contributed by atoms with van der Waals surface area (Å²) in [5.41, 5.74) is 1.03. The monoisotopic (exact) mass is 402 g/mol. The van der Waals surface area contributed by atoms with E-state index in [-0.39, 0.29) is 30.1 Å². The lowest BCUT2D eigenvalue weighted by atomic mass is 10.2. The highest BCUT2D eigenvalue weighted by atomic mass is 32.1. The van der Waals surface area contributed by atoms with Crippen LogP contribution in [0.4, 0.5) is 15.8 Å². The molecule has 0 spiro atoms. The van der Waals surface area contributed by atoms with Crippen molar-refractivity contribution in [1.29, 1.82) is 0 Å². The lowest BCUT2D eigenvalue weighted by Crippen LogP contribution is -2.23. The third-order valence-electron chi connectivity index (χ3n) is 4.30. The van der Waals surface area contributed by atoms with E-state index in [1.54, 1.807) is 0 Å². The van der Waals surface area contributed by atoms with Gasteiger partial charge < -0.3 is 10.6 Å². The zero-order valence-electron chi connectivity index (χ0n) is 15.6. The van der Waals surface area contributed by atoms with Crippen molar-refractivity contribution in [2.24, 2.45) is 0 Å². The quantitative estimate of drug-likeness (QED) is 0.685. The smallest absolute Gasteiger partial charge is 0.262 e. The largest absolute Gasteiger partial charge is 0.326 e. The molecule has 0 atom stereocenters. The Morgan fingerprint density at radius 1 is 1.25 bits per heavy atom. The fraction of sp³-hybridized carbons (Fsp3) is 0.263. The fourth-order valence-electron chi connectivity index (χ4n) is 2.77. The Balaban J connectivity index is 1.72. The Labute approximate surface area is 164 Å². The van der Waals surface area contributed by atoms with Gasteiger partial charge in [-0.1, -0.05) is 0 Å². The minimum Gasteiger partial charge on any atom is -0.326 e. The molecule has 2 amide bonds. The van der Waals surface area contributed by atoms with E-state index in [0.717, 1.165) is 16.5 Å². The Bertz CT molecular complexity index is 1140. The number of carbonyl (C=O) groups excluding carboxylic acids is 2. The number of nitrogens with one attached hydrogen (secondary N) is 2. The Kier molecular flexibility index (Phi) is 5.55. The molecule has 28 heavy (non-hydrogen) atoms. The topological polar surface area (TPSA) is 93.1 Å². The van der Waals surface area contributed by atoms with Crippen molar-refractivity contribution in [2.45, 2.75) is 33.7 Å². The Hall–Kier alpha value is -3.07. The minimum atomic E-state index is -0.618. The standard InChI is InChI=1S/C19H19FN4O3S/c1-10-11(2)28-18-17(10)19(27)24(9-21-18)7-6-16(26)23-15-8-13(22-12(3)25)4-5-14(15)20/h4-5,8-9H,6-7H2,1-3H3,(H,22,25)(H,23,26). The van der Waals surface area contributed by atoms with Crippen molar-refractivity contribution in [3.05, 3.63) is 51.1 Å². The molecule has 2 heterocycles. The lowest BCUT2D eigenvalue weighted by molar-refractivity contribution is -0.116. The number of aromatic nitrogens is 2. The molecular formula is C19H19FN4O3S. The first-order valence-corrected chi connectivity index (χ1v) is 9.40. The number of fused-ring (bicyclic) bond motifs is 1. The van der Waals surface area contributed by atoms with Crippen LogP contribution < -0.4 is 16.2 Å². The molecule has 146 valence electrons. The van der Waals surface area contributed by atoms with Gasteiger partial charge in [-0.05, 0) is 37.6 Å². The van der Waals surface area contributed by atoms with Crippen molar-refractivity contribution in [3.63, 3.8) is 0 Å². The SMILES string of the molecule is CC(=O)Nc1ccc(F)c(NC(=O)CCn2cnc3sc(C)c(C)c3c2=O)c1. The molecule has 0 fully saturated rings. The van der Waals surface area contributed by atoms with Gasteiger partial charge in [0.25, 0.3) is 5.56 Å². The van der Waals surface area contributed by atoms with Crippen LogP contribution in [0, 0.1) is 19.7 Å². The number of benzene rings is 1. The van der Waals surface area contributed by atoms with Crippen molar-refractivity contribution in [2.75, 3.05) is 10.6 Å². The number of hydrogen-bond acceptors (Lipinski definition) is 5. The molecule has 7 nitrogen and oxygen atoms in total. The summed E-state index contributed by atoms with van der Waals surface area (Å²) in [6.07, 6.45) is 1.39. The summed E-state index contributed by atoms with van der Waals surface area (Å²) in [5.74, 6) is -1.37. The number of nitrogens with zero attached hydrogens (tertiary/aromatic N) is 2. The molecule has 2 N–H and O–H groups in total. The zero-order valence-corrected chi connectivity index (χ0v) is 16.4. The molecule has 0 aliphatic carbocycles. The molecule has 0 radical (unpaired) electrons. The van der Waals surface area contributed by atoms with E-state index in [9.17, 15) is 18.8 Å². The number of anilines is 2.